The van der Waals surface area contributed by atoms with Crippen LogP contribution in [0.15, 0.2) is 18.2 Å². The highest BCUT2D eigenvalue weighted by Gasteiger charge is 2.13. The summed E-state index contributed by atoms with van der Waals surface area (Å²) in [6.07, 6.45) is 0. The van der Waals surface area contributed by atoms with E-state index in [9.17, 15) is 9.18 Å². The predicted molar refractivity (Wildman–Crippen MR) is 58.9 cm³/mol. The molecule has 2 N–H and O–H groups in total. The van der Waals surface area contributed by atoms with E-state index in [1.807, 2.05) is 18.7 Å². The maximum atomic E-state index is 12.9. The van der Waals surface area contributed by atoms with Gasteiger partial charge in [0.2, 0.25) is 11.9 Å². The highest BCUT2D eigenvalue weighted by Crippen LogP contribution is 2.06. The number of primary amides is 1. The van der Waals surface area contributed by atoms with Crippen molar-refractivity contribution in [3.63, 3.8) is 0 Å². The van der Waals surface area contributed by atoms with Gasteiger partial charge in [0.25, 0.3) is 0 Å². The Balaban J connectivity index is 2.71. The van der Waals surface area contributed by atoms with Gasteiger partial charge in [-0.1, -0.05) is 6.07 Å². The summed E-state index contributed by atoms with van der Waals surface area (Å²) in [5.41, 5.74) is 5.73. The molecule has 0 unspecified atom stereocenters. The number of nitrogens with zero attached hydrogens (tertiary/aromatic N) is 2. The van der Waals surface area contributed by atoms with E-state index in [1.54, 1.807) is 12.1 Å². The van der Waals surface area contributed by atoms with Crippen molar-refractivity contribution in [3.05, 3.63) is 29.8 Å². The maximum absolute atomic E-state index is 12.9. The van der Waals surface area contributed by atoms with Crippen LogP contribution in [0.3, 0.4) is 0 Å². The van der Waals surface area contributed by atoms with Gasteiger partial charge in [-0.2, -0.15) is 4.39 Å². The van der Waals surface area contributed by atoms with Gasteiger partial charge in [-0.3, -0.25) is 9.69 Å². The molecule has 0 fully saturated rings. The third-order valence-corrected chi connectivity index (χ3v) is 2.23. The number of hydrogen-bond acceptors (Lipinski definition) is 3. The average Bonchev–Trinajstić information content (AvgIpc) is 2.15. The van der Waals surface area contributed by atoms with Gasteiger partial charge in [0.1, 0.15) is 0 Å². The first-order chi connectivity index (χ1) is 7.49. The van der Waals surface area contributed by atoms with E-state index >= 15 is 0 Å². The summed E-state index contributed by atoms with van der Waals surface area (Å²) in [5, 5.41) is 0. The average molecular weight is 225 g/mol. The van der Waals surface area contributed by atoms with Crippen molar-refractivity contribution >= 4 is 5.91 Å². The molecule has 1 aromatic rings. The summed E-state index contributed by atoms with van der Waals surface area (Å²) in [4.78, 5) is 16.4. The summed E-state index contributed by atoms with van der Waals surface area (Å²) < 4.78 is 12.9. The van der Waals surface area contributed by atoms with E-state index in [2.05, 4.69) is 4.98 Å². The first-order valence-corrected chi connectivity index (χ1v) is 5.13. The van der Waals surface area contributed by atoms with E-state index in [4.69, 9.17) is 5.73 Å². The smallest absolute Gasteiger partial charge is 0.231 e. The molecule has 0 aliphatic carbocycles. The lowest BCUT2D eigenvalue weighted by molar-refractivity contribution is -0.119. The zero-order chi connectivity index (χ0) is 12.1. The van der Waals surface area contributed by atoms with Crippen molar-refractivity contribution < 1.29 is 9.18 Å². The number of amides is 1. The highest BCUT2D eigenvalue weighted by molar-refractivity contribution is 5.75. The molecular formula is C11H16FN3O. The lowest BCUT2D eigenvalue weighted by Gasteiger charge is -2.24. The van der Waals surface area contributed by atoms with Gasteiger partial charge >= 0.3 is 0 Å². The fraction of sp³-hybridized carbons (Fsp3) is 0.455. The largest absolute Gasteiger partial charge is 0.369 e. The van der Waals surface area contributed by atoms with Crippen molar-refractivity contribution in [1.29, 1.82) is 0 Å². The quantitative estimate of drug-likeness (QED) is 0.758. The first-order valence-electron chi connectivity index (χ1n) is 5.13. The standard InChI is InChI=1S/C11H16FN3O/c1-8(2)15(7-11(13)16)6-9-4-3-5-10(12)14-9/h3-5,8H,6-7H2,1-2H3,(H2,13,16). The molecule has 4 nitrogen and oxygen atoms in total. The molecule has 0 atom stereocenters. The molecule has 5 heteroatoms. The minimum absolute atomic E-state index is 0.149. The molecule has 0 aromatic carbocycles. The molecule has 0 saturated carbocycles. The van der Waals surface area contributed by atoms with Gasteiger partial charge < -0.3 is 5.73 Å². The van der Waals surface area contributed by atoms with Gasteiger partial charge in [-0.05, 0) is 26.0 Å². The summed E-state index contributed by atoms with van der Waals surface area (Å²) in [5.74, 6) is -0.912. The number of carbonyl (C=O) groups excluding carboxylic acids is 1. The number of nitrogens with two attached hydrogens (primary N) is 1. The van der Waals surface area contributed by atoms with Crippen LogP contribution in [-0.2, 0) is 11.3 Å². The zero-order valence-electron chi connectivity index (χ0n) is 9.48. The Bertz CT molecular complexity index is 368. The minimum atomic E-state index is -0.514. The molecule has 1 aromatic heterocycles. The van der Waals surface area contributed by atoms with E-state index in [-0.39, 0.29) is 12.6 Å². The Hall–Kier alpha value is -1.49. The second-order valence-electron chi connectivity index (χ2n) is 3.92. The molecule has 0 aliphatic rings. The Kier molecular flexibility index (Phi) is 4.37. The molecule has 1 heterocycles. The molecule has 1 amide bonds. The van der Waals surface area contributed by atoms with Crippen LogP contribution in [0.5, 0.6) is 0 Å². The van der Waals surface area contributed by atoms with E-state index in [0.717, 1.165) is 0 Å². The maximum Gasteiger partial charge on any atom is 0.231 e. The molecule has 0 radical (unpaired) electrons. The summed E-state index contributed by atoms with van der Waals surface area (Å²) in [7, 11) is 0. The number of pyridine rings is 1. The number of carbonyl (C=O) groups is 1. The summed E-state index contributed by atoms with van der Waals surface area (Å²) >= 11 is 0. The Labute approximate surface area is 94.3 Å². The van der Waals surface area contributed by atoms with Gasteiger partial charge in [-0.15, -0.1) is 0 Å². The number of aromatic nitrogens is 1. The monoisotopic (exact) mass is 225 g/mol. The Morgan fingerprint density at radius 1 is 1.56 bits per heavy atom. The first kappa shape index (κ1) is 12.6. The van der Waals surface area contributed by atoms with Gasteiger partial charge in [-0.25, -0.2) is 4.98 Å². The molecular weight excluding hydrogens is 209 g/mol. The summed E-state index contributed by atoms with van der Waals surface area (Å²) in [6, 6.07) is 4.76. The third kappa shape index (κ3) is 3.94. The highest BCUT2D eigenvalue weighted by atomic mass is 19.1. The van der Waals surface area contributed by atoms with Crippen LogP contribution in [0, 0.1) is 5.95 Å². The number of hydrogen-bond donors (Lipinski definition) is 1. The van der Waals surface area contributed by atoms with Crippen LogP contribution in [0.4, 0.5) is 4.39 Å². The predicted octanol–water partition coefficient (Wildman–Crippen LogP) is 0.916. The molecule has 1 rings (SSSR count). The van der Waals surface area contributed by atoms with Crippen LogP contribution in [-0.4, -0.2) is 28.4 Å². The second-order valence-corrected chi connectivity index (χ2v) is 3.92. The minimum Gasteiger partial charge on any atom is -0.369 e. The van der Waals surface area contributed by atoms with Crippen molar-refractivity contribution in [2.24, 2.45) is 5.73 Å². The summed E-state index contributed by atoms with van der Waals surface area (Å²) in [6.45, 7) is 4.46. The molecule has 16 heavy (non-hydrogen) atoms. The molecule has 0 bridgehead atoms. The Morgan fingerprint density at radius 2 is 2.25 bits per heavy atom. The van der Waals surface area contributed by atoms with Crippen molar-refractivity contribution in [2.75, 3.05) is 6.54 Å². The van der Waals surface area contributed by atoms with Crippen LogP contribution in [0.1, 0.15) is 19.5 Å². The second kappa shape index (κ2) is 5.55. The van der Waals surface area contributed by atoms with Crippen molar-refractivity contribution in [3.8, 4) is 0 Å². The van der Waals surface area contributed by atoms with Gasteiger partial charge in [0, 0.05) is 12.6 Å². The van der Waals surface area contributed by atoms with Crippen LogP contribution in [0.2, 0.25) is 0 Å². The molecule has 0 aliphatic heterocycles. The van der Waals surface area contributed by atoms with Crippen molar-refractivity contribution in [2.45, 2.75) is 26.4 Å². The number of halogens is 1. The van der Waals surface area contributed by atoms with Crippen LogP contribution < -0.4 is 5.73 Å². The SMILES string of the molecule is CC(C)N(CC(N)=O)Cc1cccc(F)n1. The fourth-order valence-corrected chi connectivity index (χ4v) is 1.37. The fourth-order valence-electron chi connectivity index (χ4n) is 1.37. The molecule has 0 spiro atoms. The van der Waals surface area contributed by atoms with Gasteiger partial charge in [0.05, 0.1) is 12.2 Å². The topological polar surface area (TPSA) is 59.2 Å². The van der Waals surface area contributed by atoms with E-state index in [1.165, 1.54) is 6.07 Å². The number of rotatable bonds is 5. The van der Waals surface area contributed by atoms with Crippen molar-refractivity contribution in [1.82, 2.24) is 9.88 Å². The Morgan fingerprint density at radius 3 is 2.75 bits per heavy atom. The lowest BCUT2D eigenvalue weighted by atomic mass is 10.2. The normalized spacial score (nSPS) is 11.1. The molecule has 0 saturated heterocycles. The third-order valence-electron chi connectivity index (χ3n) is 2.23. The lowest BCUT2D eigenvalue weighted by Crippen LogP contribution is -2.38. The van der Waals surface area contributed by atoms with Crippen LogP contribution in [0.25, 0.3) is 0 Å². The molecule has 88 valence electrons. The van der Waals surface area contributed by atoms with Gasteiger partial charge in [0.15, 0.2) is 0 Å². The zero-order valence-corrected chi connectivity index (χ0v) is 9.48. The van der Waals surface area contributed by atoms with E-state index < -0.39 is 11.9 Å². The van der Waals surface area contributed by atoms with E-state index in [0.29, 0.717) is 12.2 Å². The van der Waals surface area contributed by atoms with Crippen LogP contribution >= 0.6 is 0 Å².